The highest BCUT2D eigenvalue weighted by Gasteiger charge is 2.29. The Balaban J connectivity index is 1.47. The summed E-state index contributed by atoms with van der Waals surface area (Å²) >= 11 is 0. The SMILES string of the molecule is C=C(C1CCN(C(c2ccccc2)c2ccccc2)CC1)N(C)CCCCCCC(=O)NO. The monoisotopic (exact) mass is 449 g/mol. The molecule has 2 aromatic carbocycles. The number of hydroxylamine groups is 1. The van der Waals surface area contributed by atoms with Crippen molar-refractivity contribution in [3.05, 3.63) is 84.1 Å². The molecule has 5 nitrogen and oxygen atoms in total. The van der Waals surface area contributed by atoms with Gasteiger partial charge in [0.15, 0.2) is 0 Å². The zero-order valence-corrected chi connectivity index (χ0v) is 20.0. The minimum Gasteiger partial charge on any atom is -0.378 e. The molecule has 1 amide bonds. The van der Waals surface area contributed by atoms with Gasteiger partial charge in [0.25, 0.3) is 0 Å². The van der Waals surface area contributed by atoms with E-state index >= 15 is 0 Å². The van der Waals surface area contributed by atoms with Crippen LogP contribution in [0.4, 0.5) is 0 Å². The Bertz CT molecular complexity index is 808. The zero-order valence-electron chi connectivity index (χ0n) is 20.0. The van der Waals surface area contributed by atoms with E-state index in [0.29, 0.717) is 18.4 Å². The highest BCUT2D eigenvalue weighted by Crippen LogP contribution is 2.34. The van der Waals surface area contributed by atoms with Crippen molar-refractivity contribution < 1.29 is 10.0 Å². The van der Waals surface area contributed by atoms with Gasteiger partial charge in [-0.1, -0.05) is 80.1 Å². The maximum absolute atomic E-state index is 11.1. The number of likely N-dealkylation sites (tertiary alicyclic amines) is 1. The Hall–Kier alpha value is -2.63. The van der Waals surface area contributed by atoms with Gasteiger partial charge in [-0.3, -0.25) is 14.9 Å². The van der Waals surface area contributed by atoms with E-state index in [1.54, 1.807) is 5.48 Å². The predicted molar refractivity (Wildman–Crippen MR) is 134 cm³/mol. The third-order valence-electron chi connectivity index (χ3n) is 6.86. The molecule has 1 aliphatic heterocycles. The molecule has 0 aromatic heterocycles. The highest BCUT2D eigenvalue weighted by atomic mass is 16.5. The van der Waals surface area contributed by atoms with E-state index in [4.69, 9.17) is 5.21 Å². The molecule has 178 valence electrons. The molecule has 1 aliphatic rings. The second-order valence-electron chi connectivity index (χ2n) is 9.15. The molecule has 0 saturated carbocycles. The van der Waals surface area contributed by atoms with Gasteiger partial charge in [-0.2, -0.15) is 0 Å². The first-order valence-corrected chi connectivity index (χ1v) is 12.3. The van der Waals surface area contributed by atoms with Gasteiger partial charge in [-0.25, -0.2) is 5.48 Å². The summed E-state index contributed by atoms with van der Waals surface area (Å²) in [7, 11) is 2.16. The van der Waals surface area contributed by atoms with E-state index in [1.165, 1.54) is 16.8 Å². The number of allylic oxidation sites excluding steroid dienone is 1. The highest BCUT2D eigenvalue weighted by molar-refractivity contribution is 5.74. The number of nitrogens with zero attached hydrogens (tertiary/aromatic N) is 2. The first-order chi connectivity index (χ1) is 16.1. The maximum atomic E-state index is 11.1. The van der Waals surface area contributed by atoms with Crippen molar-refractivity contribution in [3.63, 3.8) is 0 Å². The van der Waals surface area contributed by atoms with Crippen LogP contribution in [0.25, 0.3) is 0 Å². The van der Waals surface area contributed by atoms with Crippen molar-refractivity contribution in [2.24, 2.45) is 5.92 Å². The van der Waals surface area contributed by atoms with Gasteiger partial charge in [-0.05, 0) is 49.9 Å². The van der Waals surface area contributed by atoms with Gasteiger partial charge in [0, 0.05) is 31.6 Å². The minimum absolute atomic E-state index is 0.298. The van der Waals surface area contributed by atoms with E-state index in [0.717, 1.165) is 58.2 Å². The topological polar surface area (TPSA) is 55.8 Å². The van der Waals surface area contributed by atoms with Gasteiger partial charge in [0.2, 0.25) is 5.91 Å². The van der Waals surface area contributed by atoms with Crippen molar-refractivity contribution in [2.75, 3.05) is 26.7 Å². The molecule has 0 atom stereocenters. The lowest BCUT2D eigenvalue weighted by molar-refractivity contribution is -0.129. The molecule has 0 spiro atoms. The second-order valence-corrected chi connectivity index (χ2v) is 9.15. The smallest absolute Gasteiger partial charge is 0.243 e. The number of carbonyl (C=O) groups is 1. The number of benzene rings is 2. The summed E-state index contributed by atoms with van der Waals surface area (Å²) in [6, 6.07) is 22.0. The standard InChI is InChI=1S/C28H39N3O2/c1-23(30(2)20-12-4-3-11-17-27(32)29-33)24-18-21-31(22-19-24)28(25-13-7-5-8-14-25)26-15-9-6-10-16-26/h5-10,13-16,24,28,33H,1,3-4,11-12,17-22H2,2H3,(H,29,32). The Morgan fingerprint density at radius 2 is 1.55 bits per heavy atom. The van der Waals surface area contributed by atoms with Crippen LogP contribution < -0.4 is 5.48 Å². The maximum Gasteiger partial charge on any atom is 0.243 e. The van der Waals surface area contributed by atoms with Gasteiger partial charge in [0.1, 0.15) is 0 Å². The van der Waals surface area contributed by atoms with Crippen LogP contribution in [0.2, 0.25) is 0 Å². The van der Waals surface area contributed by atoms with E-state index in [2.05, 4.69) is 84.1 Å². The molecule has 5 heteroatoms. The van der Waals surface area contributed by atoms with Crippen LogP contribution in [0.5, 0.6) is 0 Å². The molecule has 2 N–H and O–H groups in total. The number of unbranched alkanes of at least 4 members (excludes halogenated alkanes) is 3. The summed E-state index contributed by atoms with van der Waals surface area (Å²) in [6.45, 7) is 7.58. The number of hydrogen-bond donors (Lipinski definition) is 2. The fourth-order valence-corrected chi connectivity index (χ4v) is 4.87. The summed E-state index contributed by atoms with van der Waals surface area (Å²) in [5.41, 5.74) is 5.66. The molecule has 2 aromatic rings. The minimum atomic E-state index is -0.298. The van der Waals surface area contributed by atoms with Crippen molar-refractivity contribution >= 4 is 5.91 Å². The molecule has 0 bridgehead atoms. The van der Waals surface area contributed by atoms with Crippen LogP contribution in [0.3, 0.4) is 0 Å². The molecule has 3 rings (SSSR count). The summed E-state index contributed by atoms with van der Waals surface area (Å²) in [4.78, 5) is 16.0. The Morgan fingerprint density at radius 1 is 1.00 bits per heavy atom. The molecular formula is C28H39N3O2. The van der Waals surface area contributed by atoms with Crippen LogP contribution >= 0.6 is 0 Å². The zero-order chi connectivity index (χ0) is 23.5. The molecule has 1 heterocycles. The quantitative estimate of drug-likeness (QED) is 0.259. The largest absolute Gasteiger partial charge is 0.378 e. The van der Waals surface area contributed by atoms with Crippen LogP contribution in [-0.2, 0) is 4.79 Å². The van der Waals surface area contributed by atoms with Crippen molar-refractivity contribution in [1.29, 1.82) is 0 Å². The van der Waals surface area contributed by atoms with Gasteiger partial charge < -0.3 is 4.90 Å². The number of rotatable bonds is 12. The number of nitrogens with one attached hydrogen (secondary N) is 1. The average molecular weight is 450 g/mol. The van der Waals surface area contributed by atoms with Crippen LogP contribution in [-0.4, -0.2) is 47.6 Å². The number of piperidine rings is 1. The van der Waals surface area contributed by atoms with Gasteiger partial charge >= 0.3 is 0 Å². The first kappa shape index (κ1) is 25.0. The number of amides is 1. The summed E-state index contributed by atoms with van der Waals surface area (Å²) < 4.78 is 0. The predicted octanol–water partition coefficient (Wildman–Crippen LogP) is 5.39. The third kappa shape index (κ3) is 7.44. The fraction of sp³-hybridized carbons (Fsp3) is 0.464. The first-order valence-electron chi connectivity index (χ1n) is 12.3. The van der Waals surface area contributed by atoms with Crippen LogP contribution in [0.15, 0.2) is 72.9 Å². The van der Waals surface area contributed by atoms with Crippen molar-refractivity contribution in [2.45, 2.75) is 51.0 Å². The molecule has 0 unspecified atom stereocenters. The molecule has 0 radical (unpaired) electrons. The summed E-state index contributed by atoms with van der Waals surface area (Å²) in [5, 5.41) is 8.54. The van der Waals surface area contributed by atoms with Crippen molar-refractivity contribution in [3.8, 4) is 0 Å². The normalized spacial score (nSPS) is 14.9. The summed E-state index contributed by atoms with van der Waals surface area (Å²) in [6.07, 6.45) is 6.67. The van der Waals surface area contributed by atoms with Crippen LogP contribution in [0, 0.1) is 5.92 Å². The molecular weight excluding hydrogens is 410 g/mol. The third-order valence-corrected chi connectivity index (χ3v) is 6.86. The van der Waals surface area contributed by atoms with Crippen LogP contribution in [0.1, 0.15) is 62.1 Å². The lowest BCUT2D eigenvalue weighted by Crippen LogP contribution is -2.39. The average Bonchev–Trinajstić information content (AvgIpc) is 2.87. The fourth-order valence-electron chi connectivity index (χ4n) is 4.87. The Kier molecular flexibility index (Phi) is 9.98. The Morgan fingerprint density at radius 3 is 2.09 bits per heavy atom. The summed E-state index contributed by atoms with van der Waals surface area (Å²) in [5.74, 6) is 0.236. The van der Waals surface area contributed by atoms with E-state index in [9.17, 15) is 4.79 Å². The lowest BCUT2D eigenvalue weighted by atomic mass is 9.89. The van der Waals surface area contributed by atoms with E-state index < -0.39 is 0 Å². The molecule has 1 fully saturated rings. The number of hydrogen-bond acceptors (Lipinski definition) is 4. The Labute approximate surface area is 199 Å². The van der Waals surface area contributed by atoms with E-state index in [1.807, 2.05) is 0 Å². The van der Waals surface area contributed by atoms with Gasteiger partial charge in [0.05, 0.1) is 6.04 Å². The van der Waals surface area contributed by atoms with Gasteiger partial charge in [-0.15, -0.1) is 0 Å². The number of carbonyl (C=O) groups excluding carboxylic acids is 1. The van der Waals surface area contributed by atoms with Crippen molar-refractivity contribution in [1.82, 2.24) is 15.3 Å². The molecule has 33 heavy (non-hydrogen) atoms. The molecule has 1 saturated heterocycles. The molecule has 0 aliphatic carbocycles. The second kappa shape index (κ2) is 13.2. The lowest BCUT2D eigenvalue weighted by Gasteiger charge is -2.40. The van der Waals surface area contributed by atoms with E-state index in [-0.39, 0.29) is 5.91 Å².